The molecular weight excluding hydrogens is 316 g/mol. The van der Waals surface area contributed by atoms with Gasteiger partial charge in [0.2, 0.25) is 0 Å². The van der Waals surface area contributed by atoms with Crippen LogP contribution in [-0.4, -0.2) is 59.0 Å². The van der Waals surface area contributed by atoms with Gasteiger partial charge in [-0.15, -0.1) is 5.10 Å². The van der Waals surface area contributed by atoms with Gasteiger partial charge in [0.15, 0.2) is 5.82 Å². The standard InChI is InChI=1S/C17H22N8/c1-2-6-15(7-3-1)25-17(20-21-22-25)9-5-11-23-10-4-8-16(23)12-24-14-18-13-19-24/h1-3,6-7,13-14,16H,4-5,8-12H2/t16-/m0/s1. The quantitative estimate of drug-likeness (QED) is 0.647. The Morgan fingerprint density at radius 3 is 2.92 bits per heavy atom. The molecule has 0 saturated carbocycles. The fourth-order valence-electron chi connectivity index (χ4n) is 3.51. The normalized spacial score (nSPS) is 18.0. The first-order valence-electron chi connectivity index (χ1n) is 8.79. The zero-order chi connectivity index (χ0) is 16.9. The molecule has 0 radical (unpaired) electrons. The summed E-state index contributed by atoms with van der Waals surface area (Å²) in [7, 11) is 0. The van der Waals surface area contributed by atoms with Gasteiger partial charge in [0.25, 0.3) is 0 Å². The first-order chi connectivity index (χ1) is 12.4. The fourth-order valence-corrected chi connectivity index (χ4v) is 3.51. The Bertz CT molecular complexity index is 767. The van der Waals surface area contributed by atoms with Crippen LogP contribution in [0.4, 0.5) is 0 Å². The minimum absolute atomic E-state index is 0.548. The molecule has 0 unspecified atom stereocenters. The largest absolute Gasteiger partial charge is 0.299 e. The van der Waals surface area contributed by atoms with E-state index in [2.05, 4.69) is 30.5 Å². The van der Waals surface area contributed by atoms with Crippen LogP contribution in [0.3, 0.4) is 0 Å². The summed E-state index contributed by atoms with van der Waals surface area (Å²) in [4.78, 5) is 6.59. The molecule has 1 aliphatic heterocycles. The molecule has 1 saturated heterocycles. The van der Waals surface area contributed by atoms with E-state index in [-0.39, 0.29) is 0 Å². The summed E-state index contributed by atoms with van der Waals surface area (Å²) in [5.41, 5.74) is 1.01. The van der Waals surface area contributed by atoms with Crippen LogP contribution < -0.4 is 0 Å². The molecular formula is C17H22N8. The smallest absolute Gasteiger partial charge is 0.156 e. The Labute approximate surface area is 146 Å². The molecule has 2 aromatic heterocycles. The van der Waals surface area contributed by atoms with Crippen LogP contribution in [0, 0.1) is 0 Å². The number of hydrogen-bond donors (Lipinski definition) is 0. The van der Waals surface area contributed by atoms with Gasteiger partial charge in [0.1, 0.15) is 12.7 Å². The molecule has 8 heteroatoms. The van der Waals surface area contributed by atoms with Crippen LogP contribution in [0.25, 0.3) is 5.69 Å². The number of hydrogen-bond acceptors (Lipinski definition) is 6. The average molecular weight is 338 g/mol. The van der Waals surface area contributed by atoms with Crippen molar-refractivity contribution in [3.63, 3.8) is 0 Å². The Balaban J connectivity index is 1.33. The molecule has 1 atom stereocenters. The first kappa shape index (κ1) is 15.9. The van der Waals surface area contributed by atoms with Crippen LogP contribution in [0.15, 0.2) is 43.0 Å². The second-order valence-electron chi connectivity index (χ2n) is 6.40. The van der Waals surface area contributed by atoms with Crippen LogP contribution in [-0.2, 0) is 13.0 Å². The van der Waals surface area contributed by atoms with E-state index in [1.54, 1.807) is 12.7 Å². The number of aryl methyl sites for hydroxylation is 1. The predicted molar refractivity (Wildman–Crippen MR) is 92.1 cm³/mol. The van der Waals surface area contributed by atoms with Crippen LogP contribution in [0.1, 0.15) is 25.1 Å². The Hall–Kier alpha value is -2.61. The van der Waals surface area contributed by atoms with Crippen molar-refractivity contribution >= 4 is 0 Å². The molecule has 25 heavy (non-hydrogen) atoms. The summed E-state index contributed by atoms with van der Waals surface area (Å²) in [6.45, 7) is 3.13. The van der Waals surface area contributed by atoms with E-state index in [1.165, 1.54) is 12.8 Å². The fraction of sp³-hybridized carbons (Fsp3) is 0.471. The van der Waals surface area contributed by atoms with Crippen molar-refractivity contribution in [2.45, 2.75) is 38.3 Å². The van der Waals surface area contributed by atoms with Gasteiger partial charge in [-0.05, 0) is 54.9 Å². The Morgan fingerprint density at radius 1 is 1.16 bits per heavy atom. The van der Waals surface area contributed by atoms with Crippen molar-refractivity contribution in [1.82, 2.24) is 39.9 Å². The lowest BCUT2D eigenvalue weighted by atomic mass is 10.2. The van der Waals surface area contributed by atoms with Crippen molar-refractivity contribution < 1.29 is 0 Å². The summed E-state index contributed by atoms with van der Waals surface area (Å²) in [6.07, 6.45) is 7.78. The summed E-state index contributed by atoms with van der Waals surface area (Å²) in [5, 5.41) is 16.4. The predicted octanol–water partition coefficient (Wildman–Crippen LogP) is 1.35. The molecule has 4 rings (SSSR count). The van der Waals surface area contributed by atoms with Gasteiger partial charge in [0, 0.05) is 12.5 Å². The van der Waals surface area contributed by atoms with E-state index in [0.29, 0.717) is 6.04 Å². The van der Waals surface area contributed by atoms with Gasteiger partial charge < -0.3 is 0 Å². The van der Waals surface area contributed by atoms with Crippen LogP contribution in [0.2, 0.25) is 0 Å². The van der Waals surface area contributed by atoms with E-state index < -0.39 is 0 Å². The maximum absolute atomic E-state index is 4.23. The monoisotopic (exact) mass is 338 g/mol. The lowest BCUT2D eigenvalue weighted by Gasteiger charge is -2.24. The van der Waals surface area contributed by atoms with E-state index in [1.807, 2.05) is 39.7 Å². The maximum atomic E-state index is 4.23. The van der Waals surface area contributed by atoms with Gasteiger partial charge in [-0.3, -0.25) is 9.58 Å². The molecule has 1 aliphatic rings. The number of para-hydroxylation sites is 1. The van der Waals surface area contributed by atoms with Crippen molar-refractivity contribution in [2.24, 2.45) is 0 Å². The number of likely N-dealkylation sites (tertiary alicyclic amines) is 1. The molecule has 0 bridgehead atoms. The van der Waals surface area contributed by atoms with E-state index in [0.717, 1.165) is 44.0 Å². The van der Waals surface area contributed by atoms with Crippen molar-refractivity contribution in [3.8, 4) is 5.69 Å². The van der Waals surface area contributed by atoms with Gasteiger partial charge >= 0.3 is 0 Å². The molecule has 3 aromatic rings. The highest BCUT2D eigenvalue weighted by Crippen LogP contribution is 2.19. The number of tetrazole rings is 1. The number of rotatable bonds is 7. The topological polar surface area (TPSA) is 77.5 Å². The maximum Gasteiger partial charge on any atom is 0.156 e. The van der Waals surface area contributed by atoms with Crippen LogP contribution >= 0.6 is 0 Å². The molecule has 130 valence electrons. The van der Waals surface area contributed by atoms with Gasteiger partial charge in [-0.2, -0.15) is 9.78 Å². The minimum Gasteiger partial charge on any atom is -0.299 e. The Morgan fingerprint density at radius 2 is 2.08 bits per heavy atom. The lowest BCUT2D eigenvalue weighted by Crippen LogP contribution is -2.34. The van der Waals surface area contributed by atoms with Gasteiger partial charge in [-0.25, -0.2) is 4.98 Å². The molecule has 3 heterocycles. The molecule has 8 nitrogen and oxygen atoms in total. The minimum atomic E-state index is 0.548. The summed E-state index contributed by atoms with van der Waals surface area (Å²) in [5.74, 6) is 0.915. The zero-order valence-electron chi connectivity index (χ0n) is 14.1. The van der Waals surface area contributed by atoms with Gasteiger partial charge in [0.05, 0.1) is 12.2 Å². The second kappa shape index (κ2) is 7.52. The first-order valence-corrected chi connectivity index (χ1v) is 8.79. The number of benzene rings is 1. The van der Waals surface area contributed by atoms with Gasteiger partial charge in [-0.1, -0.05) is 18.2 Å². The molecule has 0 N–H and O–H groups in total. The van der Waals surface area contributed by atoms with Crippen molar-refractivity contribution in [1.29, 1.82) is 0 Å². The van der Waals surface area contributed by atoms with Crippen LogP contribution in [0.5, 0.6) is 0 Å². The summed E-state index contributed by atoms with van der Waals surface area (Å²) >= 11 is 0. The third kappa shape index (κ3) is 3.74. The highest BCUT2D eigenvalue weighted by atomic mass is 15.5. The second-order valence-corrected chi connectivity index (χ2v) is 6.40. The van der Waals surface area contributed by atoms with Crippen molar-refractivity contribution in [3.05, 3.63) is 48.8 Å². The number of aromatic nitrogens is 7. The summed E-state index contributed by atoms with van der Waals surface area (Å²) in [6, 6.07) is 10.6. The highest BCUT2D eigenvalue weighted by molar-refractivity contribution is 5.30. The zero-order valence-corrected chi connectivity index (χ0v) is 14.1. The third-order valence-corrected chi connectivity index (χ3v) is 4.74. The molecule has 0 spiro atoms. The lowest BCUT2D eigenvalue weighted by molar-refractivity contribution is 0.224. The molecule has 0 aliphatic carbocycles. The summed E-state index contributed by atoms with van der Waals surface area (Å²) < 4.78 is 3.76. The molecule has 1 fully saturated rings. The molecule has 1 aromatic carbocycles. The third-order valence-electron chi connectivity index (χ3n) is 4.74. The SMILES string of the molecule is c1ccc(-n2nnnc2CCCN2CCC[C@H]2Cn2cncn2)cc1. The Kier molecular flexibility index (Phi) is 4.78. The van der Waals surface area contributed by atoms with E-state index in [9.17, 15) is 0 Å². The highest BCUT2D eigenvalue weighted by Gasteiger charge is 2.24. The van der Waals surface area contributed by atoms with E-state index in [4.69, 9.17) is 0 Å². The average Bonchev–Trinajstić information content (AvgIpc) is 3.39. The van der Waals surface area contributed by atoms with E-state index >= 15 is 0 Å². The van der Waals surface area contributed by atoms with Crippen molar-refractivity contribution in [2.75, 3.05) is 13.1 Å². The number of nitrogens with zero attached hydrogens (tertiary/aromatic N) is 8. The molecule has 0 amide bonds.